The van der Waals surface area contributed by atoms with Crippen LogP contribution in [-0.4, -0.2) is 62.3 Å². The highest BCUT2D eigenvalue weighted by Crippen LogP contribution is 2.38. The van der Waals surface area contributed by atoms with Crippen molar-refractivity contribution in [2.24, 2.45) is 0 Å². The monoisotopic (exact) mass is 403 g/mol. The quantitative estimate of drug-likeness (QED) is 0.787. The molecule has 9 heteroatoms. The summed E-state index contributed by atoms with van der Waals surface area (Å²) in [5.74, 6) is 1.47. The molecule has 2 amide bonds. The lowest BCUT2D eigenvalue weighted by Crippen LogP contribution is -2.46. The number of carbonyl (C=O) groups is 2. The van der Waals surface area contributed by atoms with Crippen LogP contribution >= 0.6 is 0 Å². The molecule has 1 saturated heterocycles. The van der Waals surface area contributed by atoms with E-state index in [2.05, 4.69) is 10.5 Å². The fourth-order valence-corrected chi connectivity index (χ4v) is 3.34. The van der Waals surface area contributed by atoms with Gasteiger partial charge in [-0.25, -0.2) is 0 Å². The van der Waals surface area contributed by atoms with Crippen LogP contribution < -0.4 is 19.5 Å². The summed E-state index contributed by atoms with van der Waals surface area (Å²) in [6.45, 7) is 2.81. The molecule has 0 radical (unpaired) electrons. The van der Waals surface area contributed by atoms with Crippen LogP contribution in [0.25, 0.3) is 0 Å². The van der Waals surface area contributed by atoms with E-state index >= 15 is 0 Å². The maximum Gasteiger partial charge on any atom is 0.276 e. The summed E-state index contributed by atoms with van der Waals surface area (Å²) < 4.78 is 20.9. The van der Waals surface area contributed by atoms with Crippen molar-refractivity contribution in [2.75, 3.05) is 34.4 Å². The molecule has 0 unspecified atom stereocenters. The molecule has 29 heavy (non-hydrogen) atoms. The van der Waals surface area contributed by atoms with Crippen LogP contribution in [0.2, 0.25) is 0 Å². The average Bonchev–Trinajstić information content (AvgIpc) is 3.18. The number of nitrogens with one attached hydrogen (secondary N) is 1. The molecular formula is C20H25N3O6. The minimum absolute atomic E-state index is 0.0373. The van der Waals surface area contributed by atoms with Gasteiger partial charge >= 0.3 is 0 Å². The molecule has 1 aliphatic rings. The molecule has 1 fully saturated rings. The van der Waals surface area contributed by atoms with E-state index < -0.39 is 0 Å². The van der Waals surface area contributed by atoms with Gasteiger partial charge in [-0.1, -0.05) is 5.16 Å². The fourth-order valence-electron chi connectivity index (χ4n) is 3.34. The van der Waals surface area contributed by atoms with Gasteiger partial charge in [-0.15, -0.1) is 0 Å². The van der Waals surface area contributed by atoms with Crippen LogP contribution in [-0.2, 0) is 0 Å². The predicted molar refractivity (Wildman–Crippen MR) is 104 cm³/mol. The number of ether oxygens (including phenoxy) is 3. The van der Waals surface area contributed by atoms with Gasteiger partial charge in [0.2, 0.25) is 5.75 Å². The van der Waals surface area contributed by atoms with Crippen molar-refractivity contribution >= 4 is 11.8 Å². The average molecular weight is 403 g/mol. The van der Waals surface area contributed by atoms with Gasteiger partial charge in [-0.05, 0) is 31.9 Å². The number of piperidine rings is 1. The first-order valence-electron chi connectivity index (χ1n) is 9.30. The highest BCUT2D eigenvalue weighted by Gasteiger charge is 2.27. The summed E-state index contributed by atoms with van der Waals surface area (Å²) in [5.41, 5.74) is 0.721. The number of aryl methyl sites for hydroxylation is 1. The number of hydrogen-bond acceptors (Lipinski definition) is 7. The van der Waals surface area contributed by atoms with E-state index in [0.29, 0.717) is 60.2 Å². The van der Waals surface area contributed by atoms with Gasteiger partial charge in [0.05, 0.1) is 21.3 Å². The SMILES string of the molecule is COc1cc(C(=O)NC2CCN(C(=O)c3cc(C)on3)CC2)cc(OC)c1OC. The molecule has 1 aromatic carbocycles. The van der Waals surface area contributed by atoms with Crippen LogP contribution in [0.4, 0.5) is 0 Å². The first-order valence-corrected chi connectivity index (χ1v) is 9.30. The second-order valence-corrected chi connectivity index (χ2v) is 6.78. The fraction of sp³-hybridized carbons (Fsp3) is 0.450. The third-order valence-electron chi connectivity index (χ3n) is 4.89. The Morgan fingerprint density at radius 1 is 1.07 bits per heavy atom. The minimum atomic E-state index is -0.235. The van der Waals surface area contributed by atoms with E-state index in [1.807, 2.05) is 0 Å². The molecule has 9 nitrogen and oxygen atoms in total. The molecule has 0 aliphatic carbocycles. The van der Waals surface area contributed by atoms with Crippen LogP contribution in [0.1, 0.15) is 39.4 Å². The lowest BCUT2D eigenvalue weighted by Gasteiger charge is -2.32. The van der Waals surface area contributed by atoms with Crippen molar-refractivity contribution in [3.63, 3.8) is 0 Å². The largest absolute Gasteiger partial charge is 0.493 e. The number of amides is 2. The Bertz CT molecular complexity index is 861. The molecule has 156 valence electrons. The molecule has 0 spiro atoms. The molecular weight excluding hydrogens is 378 g/mol. The zero-order valence-corrected chi connectivity index (χ0v) is 17.0. The van der Waals surface area contributed by atoms with Crippen molar-refractivity contribution in [3.05, 3.63) is 35.2 Å². The molecule has 1 N–H and O–H groups in total. The number of likely N-dealkylation sites (tertiary alicyclic amines) is 1. The number of rotatable bonds is 6. The van der Waals surface area contributed by atoms with Crippen LogP contribution in [0.15, 0.2) is 22.7 Å². The summed E-state index contributed by atoms with van der Waals surface area (Å²) >= 11 is 0. The lowest BCUT2D eigenvalue weighted by atomic mass is 10.0. The van der Waals surface area contributed by atoms with Crippen molar-refractivity contribution < 1.29 is 28.3 Å². The second kappa shape index (κ2) is 8.85. The molecule has 2 aromatic rings. The standard InChI is InChI=1S/C20H25N3O6/c1-12-9-15(22-29-12)20(25)23-7-5-14(6-8-23)21-19(24)13-10-16(26-2)18(28-4)17(11-13)27-3/h9-11,14H,5-8H2,1-4H3,(H,21,24). The Kier molecular flexibility index (Phi) is 6.26. The Morgan fingerprint density at radius 2 is 1.69 bits per heavy atom. The topological polar surface area (TPSA) is 103 Å². The summed E-state index contributed by atoms with van der Waals surface area (Å²) in [7, 11) is 4.51. The number of hydrogen-bond donors (Lipinski definition) is 1. The highest BCUT2D eigenvalue weighted by atomic mass is 16.5. The van der Waals surface area contributed by atoms with Gasteiger partial charge in [0.15, 0.2) is 17.2 Å². The Morgan fingerprint density at radius 3 is 2.17 bits per heavy atom. The smallest absolute Gasteiger partial charge is 0.276 e. The maximum absolute atomic E-state index is 12.7. The number of aromatic nitrogens is 1. The van der Waals surface area contributed by atoms with Crippen LogP contribution in [0.5, 0.6) is 17.2 Å². The van der Waals surface area contributed by atoms with Gasteiger partial charge in [-0.3, -0.25) is 9.59 Å². The number of methoxy groups -OCH3 is 3. The summed E-state index contributed by atoms with van der Waals surface area (Å²) in [5, 5.41) is 6.79. The first-order chi connectivity index (χ1) is 14.0. The molecule has 0 saturated carbocycles. The molecule has 1 aliphatic heterocycles. The molecule has 2 heterocycles. The third-order valence-corrected chi connectivity index (χ3v) is 4.89. The van der Waals surface area contributed by atoms with E-state index in [1.54, 1.807) is 30.0 Å². The van der Waals surface area contributed by atoms with Crippen molar-refractivity contribution in [2.45, 2.75) is 25.8 Å². The van der Waals surface area contributed by atoms with Crippen molar-refractivity contribution in [1.82, 2.24) is 15.4 Å². The number of nitrogens with zero attached hydrogens (tertiary/aromatic N) is 2. The number of carbonyl (C=O) groups excluding carboxylic acids is 2. The molecule has 0 atom stereocenters. The van der Waals surface area contributed by atoms with Gasteiger partial charge in [0, 0.05) is 30.8 Å². The van der Waals surface area contributed by atoms with Crippen LogP contribution in [0, 0.1) is 6.92 Å². The molecule has 0 bridgehead atoms. The number of benzene rings is 1. The zero-order chi connectivity index (χ0) is 21.0. The summed E-state index contributed by atoms with van der Waals surface area (Å²) in [6, 6.07) is 4.81. The summed E-state index contributed by atoms with van der Waals surface area (Å²) in [4.78, 5) is 26.9. The van der Waals surface area contributed by atoms with Crippen molar-refractivity contribution in [3.8, 4) is 17.2 Å². The van der Waals surface area contributed by atoms with Gasteiger partial charge in [-0.2, -0.15) is 0 Å². The molecule has 1 aromatic heterocycles. The van der Waals surface area contributed by atoms with Gasteiger partial charge in [0.1, 0.15) is 5.76 Å². The highest BCUT2D eigenvalue weighted by molar-refractivity contribution is 5.96. The Hall–Kier alpha value is -3.23. The minimum Gasteiger partial charge on any atom is -0.493 e. The first kappa shape index (κ1) is 20.5. The Labute approximate surface area is 168 Å². The molecule has 3 rings (SSSR count). The summed E-state index contributed by atoms with van der Waals surface area (Å²) in [6.07, 6.45) is 1.30. The van der Waals surface area contributed by atoms with Gasteiger partial charge in [0.25, 0.3) is 11.8 Å². The van der Waals surface area contributed by atoms with Crippen LogP contribution in [0.3, 0.4) is 0 Å². The van der Waals surface area contributed by atoms with E-state index in [1.165, 1.54) is 21.3 Å². The van der Waals surface area contributed by atoms with E-state index in [4.69, 9.17) is 18.7 Å². The Balaban J connectivity index is 1.62. The third kappa shape index (κ3) is 4.44. The zero-order valence-electron chi connectivity index (χ0n) is 17.0. The second-order valence-electron chi connectivity index (χ2n) is 6.78. The van der Waals surface area contributed by atoms with Gasteiger partial charge < -0.3 is 29.0 Å². The van der Waals surface area contributed by atoms with E-state index in [9.17, 15) is 9.59 Å². The predicted octanol–water partition coefficient (Wildman–Crippen LogP) is 2.04. The van der Waals surface area contributed by atoms with E-state index in [0.717, 1.165) is 0 Å². The lowest BCUT2D eigenvalue weighted by molar-refractivity contribution is 0.0688. The maximum atomic E-state index is 12.7. The normalized spacial score (nSPS) is 14.4. The van der Waals surface area contributed by atoms with Crippen molar-refractivity contribution in [1.29, 1.82) is 0 Å². The van der Waals surface area contributed by atoms with E-state index in [-0.39, 0.29) is 17.9 Å².